The Hall–Kier alpha value is -1.61. The van der Waals surface area contributed by atoms with E-state index in [1.165, 1.54) is 16.9 Å². The van der Waals surface area contributed by atoms with Gasteiger partial charge in [0, 0.05) is 6.04 Å². The zero-order valence-corrected chi connectivity index (χ0v) is 11.2. The third kappa shape index (κ3) is 3.70. The van der Waals surface area contributed by atoms with Crippen molar-refractivity contribution in [1.82, 2.24) is 5.32 Å². The number of aryl methyl sites for hydroxylation is 1. The van der Waals surface area contributed by atoms with Gasteiger partial charge in [-0.25, -0.2) is 0 Å². The fourth-order valence-corrected chi connectivity index (χ4v) is 2.43. The first-order chi connectivity index (χ1) is 8.75. The minimum atomic E-state index is 0.0329. The summed E-state index contributed by atoms with van der Waals surface area (Å²) in [5, 5.41) is 4.94. The van der Waals surface area contributed by atoms with Crippen molar-refractivity contribution < 1.29 is 4.79 Å². The molecule has 0 bridgehead atoms. The predicted molar refractivity (Wildman–Crippen MR) is 76.0 cm³/mol. The van der Waals surface area contributed by atoms with Gasteiger partial charge in [0.15, 0.2) is 0 Å². The molecule has 0 aliphatic rings. The molecule has 0 aliphatic carbocycles. The highest BCUT2D eigenvalue weighted by Crippen LogP contribution is 2.09. The van der Waals surface area contributed by atoms with Crippen LogP contribution in [-0.2, 0) is 6.42 Å². The van der Waals surface area contributed by atoms with Gasteiger partial charge in [-0.2, -0.15) is 0 Å². The molecule has 0 spiro atoms. The first-order valence-electron chi connectivity index (χ1n) is 6.14. The highest BCUT2D eigenvalue weighted by atomic mass is 32.1. The number of benzene rings is 1. The number of amides is 1. The number of thiophene rings is 1. The molecule has 0 saturated carbocycles. The normalized spacial score (nSPS) is 12.1. The maximum atomic E-state index is 11.8. The van der Waals surface area contributed by atoms with Gasteiger partial charge in [-0.1, -0.05) is 36.4 Å². The molecule has 1 aromatic heterocycles. The molecule has 18 heavy (non-hydrogen) atoms. The first kappa shape index (κ1) is 12.8. The van der Waals surface area contributed by atoms with Gasteiger partial charge in [-0.3, -0.25) is 4.79 Å². The zero-order valence-electron chi connectivity index (χ0n) is 10.4. The third-order valence-corrected chi connectivity index (χ3v) is 3.70. The highest BCUT2D eigenvalue weighted by molar-refractivity contribution is 7.12. The lowest BCUT2D eigenvalue weighted by Gasteiger charge is -2.13. The van der Waals surface area contributed by atoms with Crippen LogP contribution in [0.15, 0.2) is 47.8 Å². The first-order valence-corrected chi connectivity index (χ1v) is 7.02. The molecule has 0 aliphatic heterocycles. The Morgan fingerprint density at radius 2 is 2.00 bits per heavy atom. The lowest BCUT2D eigenvalue weighted by Crippen LogP contribution is -2.32. The quantitative estimate of drug-likeness (QED) is 0.875. The van der Waals surface area contributed by atoms with E-state index in [-0.39, 0.29) is 11.9 Å². The van der Waals surface area contributed by atoms with Crippen LogP contribution in [0.25, 0.3) is 0 Å². The van der Waals surface area contributed by atoms with E-state index in [2.05, 4.69) is 24.4 Å². The summed E-state index contributed by atoms with van der Waals surface area (Å²) in [5.74, 6) is 0.0329. The predicted octanol–water partition coefficient (Wildman–Crippen LogP) is 3.50. The summed E-state index contributed by atoms with van der Waals surface area (Å²) in [6.07, 6.45) is 1.95. The summed E-state index contributed by atoms with van der Waals surface area (Å²) >= 11 is 1.48. The molecule has 1 amide bonds. The van der Waals surface area contributed by atoms with Crippen molar-refractivity contribution >= 4 is 17.2 Å². The van der Waals surface area contributed by atoms with E-state index < -0.39 is 0 Å². The average molecular weight is 259 g/mol. The van der Waals surface area contributed by atoms with Gasteiger partial charge >= 0.3 is 0 Å². The number of hydrogen-bond donors (Lipinski definition) is 1. The van der Waals surface area contributed by atoms with Crippen LogP contribution >= 0.6 is 11.3 Å². The van der Waals surface area contributed by atoms with E-state index in [1.807, 2.05) is 35.7 Å². The second-order valence-corrected chi connectivity index (χ2v) is 5.32. The van der Waals surface area contributed by atoms with Crippen LogP contribution in [0.5, 0.6) is 0 Å². The van der Waals surface area contributed by atoms with Crippen LogP contribution in [0.3, 0.4) is 0 Å². The van der Waals surface area contributed by atoms with Gasteiger partial charge in [0.1, 0.15) is 0 Å². The Bertz CT molecular complexity index is 478. The summed E-state index contributed by atoms with van der Waals surface area (Å²) in [7, 11) is 0. The van der Waals surface area contributed by atoms with Crippen LogP contribution in [0.2, 0.25) is 0 Å². The fourth-order valence-electron chi connectivity index (χ4n) is 1.80. The van der Waals surface area contributed by atoms with E-state index in [0.717, 1.165) is 17.7 Å². The minimum Gasteiger partial charge on any atom is -0.349 e. The van der Waals surface area contributed by atoms with E-state index >= 15 is 0 Å². The van der Waals surface area contributed by atoms with Gasteiger partial charge in [0.25, 0.3) is 5.91 Å². The Kier molecular flexibility index (Phi) is 4.53. The minimum absolute atomic E-state index is 0.0329. The summed E-state index contributed by atoms with van der Waals surface area (Å²) < 4.78 is 0. The maximum absolute atomic E-state index is 11.8. The average Bonchev–Trinajstić information content (AvgIpc) is 2.91. The summed E-state index contributed by atoms with van der Waals surface area (Å²) in [5.41, 5.74) is 1.31. The van der Waals surface area contributed by atoms with Gasteiger partial charge in [-0.05, 0) is 36.8 Å². The van der Waals surface area contributed by atoms with Gasteiger partial charge in [-0.15, -0.1) is 11.3 Å². The molecule has 1 heterocycles. The molecule has 0 unspecified atom stereocenters. The molecule has 2 aromatic rings. The summed E-state index contributed by atoms with van der Waals surface area (Å²) in [6.45, 7) is 2.05. The number of nitrogens with one attached hydrogen (secondary N) is 1. The summed E-state index contributed by atoms with van der Waals surface area (Å²) in [4.78, 5) is 12.6. The van der Waals surface area contributed by atoms with Crippen LogP contribution in [0.1, 0.15) is 28.6 Å². The standard InChI is InChI=1S/C15H17NOS/c1-12(9-10-13-6-3-2-4-7-13)16-15(17)14-8-5-11-18-14/h2-8,11-12H,9-10H2,1H3,(H,16,17)/t12-/m0/s1. The molecule has 1 atom stereocenters. The Balaban J connectivity index is 1.79. The van der Waals surface area contributed by atoms with E-state index in [0.29, 0.717) is 0 Å². The number of rotatable bonds is 5. The van der Waals surface area contributed by atoms with E-state index in [4.69, 9.17) is 0 Å². The van der Waals surface area contributed by atoms with Gasteiger partial charge in [0.2, 0.25) is 0 Å². The van der Waals surface area contributed by atoms with Crippen molar-refractivity contribution in [3.05, 3.63) is 58.3 Å². The lowest BCUT2D eigenvalue weighted by atomic mass is 10.1. The molecular weight excluding hydrogens is 242 g/mol. The second kappa shape index (κ2) is 6.36. The second-order valence-electron chi connectivity index (χ2n) is 4.38. The van der Waals surface area contributed by atoms with E-state index in [1.54, 1.807) is 0 Å². The molecule has 94 valence electrons. The molecule has 2 nitrogen and oxygen atoms in total. The zero-order chi connectivity index (χ0) is 12.8. The highest BCUT2D eigenvalue weighted by Gasteiger charge is 2.10. The van der Waals surface area contributed by atoms with Crippen LogP contribution in [0, 0.1) is 0 Å². The smallest absolute Gasteiger partial charge is 0.261 e. The van der Waals surface area contributed by atoms with Gasteiger partial charge < -0.3 is 5.32 Å². The van der Waals surface area contributed by atoms with Crippen molar-refractivity contribution in [2.24, 2.45) is 0 Å². The third-order valence-electron chi connectivity index (χ3n) is 2.83. The SMILES string of the molecule is C[C@@H](CCc1ccccc1)NC(=O)c1cccs1. The molecule has 3 heteroatoms. The van der Waals surface area contributed by atoms with Crippen LogP contribution in [0.4, 0.5) is 0 Å². The molecule has 0 radical (unpaired) electrons. The van der Waals surface area contributed by atoms with Crippen molar-refractivity contribution in [2.45, 2.75) is 25.8 Å². The van der Waals surface area contributed by atoms with E-state index in [9.17, 15) is 4.79 Å². The Morgan fingerprint density at radius 3 is 2.67 bits per heavy atom. The Labute approximate surface area is 112 Å². The fraction of sp³-hybridized carbons (Fsp3) is 0.267. The number of carbonyl (C=O) groups is 1. The molecule has 1 aromatic carbocycles. The van der Waals surface area contributed by atoms with Crippen molar-refractivity contribution in [2.75, 3.05) is 0 Å². The Morgan fingerprint density at radius 1 is 1.22 bits per heavy atom. The molecular formula is C15H17NOS. The molecule has 1 N–H and O–H groups in total. The number of carbonyl (C=O) groups excluding carboxylic acids is 1. The van der Waals surface area contributed by atoms with Crippen molar-refractivity contribution in [3.63, 3.8) is 0 Å². The van der Waals surface area contributed by atoms with Crippen molar-refractivity contribution in [1.29, 1.82) is 0 Å². The van der Waals surface area contributed by atoms with Gasteiger partial charge in [0.05, 0.1) is 4.88 Å². The summed E-state index contributed by atoms with van der Waals surface area (Å²) in [6, 6.07) is 14.3. The lowest BCUT2D eigenvalue weighted by molar-refractivity contribution is 0.0942. The monoisotopic (exact) mass is 259 g/mol. The number of hydrogen-bond acceptors (Lipinski definition) is 2. The topological polar surface area (TPSA) is 29.1 Å². The maximum Gasteiger partial charge on any atom is 0.261 e. The van der Waals surface area contributed by atoms with Crippen molar-refractivity contribution in [3.8, 4) is 0 Å². The van der Waals surface area contributed by atoms with Crippen LogP contribution in [-0.4, -0.2) is 11.9 Å². The molecule has 0 saturated heterocycles. The van der Waals surface area contributed by atoms with Crippen LogP contribution < -0.4 is 5.32 Å². The molecule has 2 rings (SSSR count). The largest absolute Gasteiger partial charge is 0.349 e. The molecule has 0 fully saturated rings.